The van der Waals surface area contributed by atoms with Crippen LogP contribution >= 0.6 is 0 Å². The van der Waals surface area contributed by atoms with Crippen molar-refractivity contribution in [3.63, 3.8) is 0 Å². The Balaban J connectivity index is 2.42. The van der Waals surface area contributed by atoms with Gasteiger partial charge in [0.15, 0.2) is 0 Å². The van der Waals surface area contributed by atoms with E-state index in [0.717, 1.165) is 6.54 Å². The summed E-state index contributed by atoms with van der Waals surface area (Å²) >= 11 is 0. The Kier molecular flexibility index (Phi) is 8.59. The van der Waals surface area contributed by atoms with Crippen molar-refractivity contribution in [1.82, 2.24) is 15.1 Å². The lowest BCUT2D eigenvalue weighted by molar-refractivity contribution is 0.464. The molecule has 116 valence electrons. The van der Waals surface area contributed by atoms with Gasteiger partial charge in [-0.2, -0.15) is 5.10 Å². The minimum Gasteiger partial charge on any atom is -0.310 e. The van der Waals surface area contributed by atoms with E-state index >= 15 is 0 Å². The summed E-state index contributed by atoms with van der Waals surface area (Å²) in [7, 11) is 2.03. The monoisotopic (exact) mass is 279 g/mol. The fourth-order valence-corrected chi connectivity index (χ4v) is 2.67. The van der Waals surface area contributed by atoms with Crippen molar-refractivity contribution >= 4 is 0 Å². The minimum absolute atomic E-state index is 0.481. The number of nitrogens with one attached hydrogen (secondary N) is 1. The Bertz CT molecular complexity index is 357. The van der Waals surface area contributed by atoms with Gasteiger partial charge in [0.1, 0.15) is 0 Å². The third-order valence-electron chi connectivity index (χ3n) is 4.14. The molecule has 0 saturated carbocycles. The molecule has 0 aliphatic rings. The molecule has 20 heavy (non-hydrogen) atoms. The molecular formula is C17H33N3. The second-order valence-corrected chi connectivity index (χ2v) is 5.87. The molecular weight excluding hydrogens is 246 g/mol. The first-order chi connectivity index (χ1) is 9.70. The number of nitrogens with zero attached hydrogens (tertiary/aromatic N) is 2. The Morgan fingerprint density at radius 3 is 2.40 bits per heavy atom. The van der Waals surface area contributed by atoms with E-state index in [9.17, 15) is 0 Å². The molecule has 0 bridgehead atoms. The largest absolute Gasteiger partial charge is 0.310 e. The number of hydrogen-bond donors (Lipinski definition) is 1. The van der Waals surface area contributed by atoms with Gasteiger partial charge in [0.05, 0.1) is 6.20 Å². The number of hydrogen-bond acceptors (Lipinski definition) is 2. The van der Waals surface area contributed by atoms with Crippen LogP contribution in [0.15, 0.2) is 6.20 Å². The SMILES string of the molecule is CCCCCCCCC(NCCC)c1cnn(C)c1C. The molecule has 0 fully saturated rings. The molecule has 3 nitrogen and oxygen atoms in total. The van der Waals surface area contributed by atoms with Gasteiger partial charge < -0.3 is 5.32 Å². The lowest BCUT2D eigenvalue weighted by atomic mass is 10.00. The highest BCUT2D eigenvalue weighted by Crippen LogP contribution is 2.23. The summed E-state index contributed by atoms with van der Waals surface area (Å²) < 4.78 is 1.98. The first kappa shape index (κ1) is 17.2. The molecule has 0 aliphatic carbocycles. The lowest BCUT2D eigenvalue weighted by Gasteiger charge is -2.18. The summed E-state index contributed by atoms with van der Waals surface area (Å²) in [5, 5.41) is 8.08. The summed E-state index contributed by atoms with van der Waals surface area (Å²) in [6, 6.07) is 0.481. The molecule has 0 saturated heterocycles. The summed E-state index contributed by atoms with van der Waals surface area (Å²) in [4.78, 5) is 0. The van der Waals surface area contributed by atoms with E-state index in [0.29, 0.717) is 6.04 Å². The molecule has 0 amide bonds. The summed E-state index contributed by atoms with van der Waals surface area (Å²) in [5.41, 5.74) is 2.68. The maximum Gasteiger partial charge on any atom is 0.0540 e. The summed E-state index contributed by atoms with van der Waals surface area (Å²) in [5.74, 6) is 0. The molecule has 1 atom stereocenters. The van der Waals surface area contributed by atoms with E-state index < -0.39 is 0 Å². The minimum atomic E-state index is 0.481. The van der Waals surface area contributed by atoms with Crippen molar-refractivity contribution in [3.8, 4) is 0 Å². The zero-order valence-corrected chi connectivity index (χ0v) is 13.9. The van der Waals surface area contributed by atoms with Gasteiger partial charge in [0, 0.05) is 24.3 Å². The van der Waals surface area contributed by atoms with E-state index in [1.807, 2.05) is 17.9 Å². The first-order valence-electron chi connectivity index (χ1n) is 8.42. The van der Waals surface area contributed by atoms with Crippen molar-refractivity contribution in [2.75, 3.05) is 6.54 Å². The van der Waals surface area contributed by atoms with Crippen LogP contribution in [-0.4, -0.2) is 16.3 Å². The quantitative estimate of drug-likeness (QED) is 0.604. The van der Waals surface area contributed by atoms with Gasteiger partial charge in [-0.05, 0) is 26.3 Å². The van der Waals surface area contributed by atoms with Crippen LogP contribution in [0.2, 0.25) is 0 Å². The maximum atomic E-state index is 4.39. The van der Waals surface area contributed by atoms with Gasteiger partial charge in [-0.1, -0.05) is 52.4 Å². The van der Waals surface area contributed by atoms with Crippen molar-refractivity contribution in [3.05, 3.63) is 17.5 Å². The highest BCUT2D eigenvalue weighted by Gasteiger charge is 2.15. The van der Waals surface area contributed by atoms with E-state index in [2.05, 4.69) is 31.2 Å². The Hall–Kier alpha value is -0.830. The molecule has 1 aromatic heterocycles. The fraction of sp³-hybridized carbons (Fsp3) is 0.824. The summed E-state index contributed by atoms with van der Waals surface area (Å²) in [6.45, 7) is 7.76. The average molecular weight is 279 g/mol. The normalized spacial score (nSPS) is 12.8. The van der Waals surface area contributed by atoms with Crippen LogP contribution in [0, 0.1) is 6.92 Å². The number of aromatic nitrogens is 2. The fourth-order valence-electron chi connectivity index (χ4n) is 2.67. The van der Waals surface area contributed by atoms with Gasteiger partial charge in [0.2, 0.25) is 0 Å². The van der Waals surface area contributed by atoms with Crippen molar-refractivity contribution < 1.29 is 0 Å². The van der Waals surface area contributed by atoms with Gasteiger partial charge in [-0.25, -0.2) is 0 Å². The van der Waals surface area contributed by atoms with Crippen LogP contribution in [0.25, 0.3) is 0 Å². The first-order valence-corrected chi connectivity index (χ1v) is 8.42. The number of unbranched alkanes of at least 4 members (excludes halogenated alkanes) is 5. The van der Waals surface area contributed by atoms with Crippen LogP contribution in [0.1, 0.15) is 82.5 Å². The molecule has 0 aromatic carbocycles. The summed E-state index contributed by atoms with van der Waals surface area (Å²) in [6.07, 6.45) is 12.7. The number of aryl methyl sites for hydroxylation is 1. The highest BCUT2D eigenvalue weighted by atomic mass is 15.3. The molecule has 1 rings (SSSR count). The highest BCUT2D eigenvalue weighted by molar-refractivity contribution is 5.20. The second kappa shape index (κ2) is 9.98. The standard InChI is InChI=1S/C17H33N3/c1-5-7-8-9-10-11-12-17(18-13-6-2)16-14-19-20(4)15(16)3/h14,17-18H,5-13H2,1-4H3. The van der Waals surface area contributed by atoms with Gasteiger partial charge >= 0.3 is 0 Å². The smallest absolute Gasteiger partial charge is 0.0540 e. The van der Waals surface area contributed by atoms with E-state index in [1.165, 1.54) is 62.6 Å². The third kappa shape index (κ3) is 5.66. The van der Waals surface area contributed by atoms with E-state index in [4.69, 9.17) is 0 Å². The molecule has 1 N–H and O–H groups in total. The molecule has 3 heteroatoms. The third-order valence-corrected chi connectivity index (χ3v) is 4.14. The molecule has 0 aliphatic heterocycles. The van der Waals surface area contributed by atoms with Crippen LogP contribution in [0.3, 0.4) is 0 Å². The Labute approximate surface area is 125 Å². The van der Waals surface area contributed by atoms with Crippen molar-refractivity contribution in [1.29, 1.82) is 0 Å². The Morgan fingerprint density at radius 1 is 1.10 bits per heavy atom. The van der Waals surface area contributed by atoms with Crippen LogP contribution in [-0.2, 0) is 7.05 Å². The van der Waals surface area contributed by atoms with Crippen LogP contribution in [0.4, 0.5) is 0 Å². The zero-order chi connectivity index (χ0) is 14.8. The molecule has 1 unspecified atom stereocenters. The lowest BCUT2D eigenvalue weighted by Crippen LogP contribution is -2.22. The predicted octanol–water partition coefficient (Wildman–Crippen LogP) is 4.52. The number of rotatable bonds is 11. The van der Waals surface area contributed by atoms with E-state index in [1.54, 1.807) is 0 Å². The van der Waals surface area contributed by atoms with Gasteiger partial charge in [-0.3, -0.25) is 4.68 Å². The predicted molar refractivity (Wildman–Crippen MR) is 87.0 cm³/mol. The molecule has 0 spiro atoms. The maximum absolute atomic E-state index is 4.39. The molecule has 0 radical (unpaired) electrons. The van der Waals surface area contributed by atoms with Gasteiger partial charge in [0.25, 0.3) is 0 Å². The molecule has 1 heterocycles. The Morgan fingerprint density at radius 2 is 1.80 bits per heavy atom. The molecule has 1 aromatic rings. The second-order valence-electron chi connectivity index (χ2n) is 5.87. The van der Waals surface area contributed by atoms with Crippen LogP contribution in [0.5, 0.6) is 0 Å². The average Bonchev–Trinajstić information content (AvgIpc) is 2.78. The van der Waals surface area contributed by atoms with Crippen molar-refractivity contribution in [2.45, 2.75) is 78.2 Å². The van der Waals surface area contributed by atoms with Crippen LogP contribution < -0.4 is 5.32 Å². The van der Waals surface area contributed by atoms with Crippen molar-refractivity contribution in [2.24, 2.45) is 7.05 Å². The zero-order valence-electron chi connectivity index (χ0n) is 13.9. The van der Waals surface area contributed by atoms with E-state index in [-0.39, 0.29) is 0 Å². The topological polar surface area (TPSA) is 29.9 Å². The van der Waals surface area contributed by atoms with Gasteiger partial charge in [-0.15, -0.1) is 0 Å².